The zero-order valence-corrected chi connectivity index (χ0v) is 10.4. The normalized spacial score (nSPS) is 22.6. The molecule has 0 radical (unpaired) electrons. The summed E-state index contributed by atoms with van der Waals surface area (Å²) in [6.07, 6.45) is 0. The molecule has 0 aromatic heterocycles. The summed E-state index contributed by atoms with van der Waals surface area (Å²) in [5.74, 6) is 0.0362. The van der Waals surface area contributed by atoms with Crippen molar-refractivity contribution in [1.29, 1.82) is 0 Å². The van der Waals surface area contributed by atoms with Crippen molar-refractivity contribution in [2.45, 2.75) is 26.0 Å². The topological polar surface area (TPSA) is 41.5 Å². The van der Waals surface area contributed by atoms with Gasteiger partial charge in [0.25, 0.3) is 0 Å². The van der Waals surface area contributed by atoms with E-state index in [1.165, 1.54) is 17.3 Å². The van der Waals surface area contributed by atoms with Crippen LogP contribution in [0.4, 0.5) is 5.69 Å². The molecule has 1 aromatic carbocycles. The molecular formula is C12H14N2OS. The number of amidine groups is 1. The Morgan fingerprint density at radius 1 is 1.38 bits per heavy atom. The second-order valence-corrected chi connectivity index (χ2v) is 5.21. The summed E-state index contributed by atoms with van der Waals surface area (Å²) < 4.78 is 0. The fraction of sp³-hybridized carbons (Fsp3) is 0.333. The van der Waals surface area contributed by atoms with Crippen molar-refractivity contribution in [2.24, 2.45) is 4.99 Å². The van der Waals surface area contributed by atoms with E-state index >= 15 is 0 Å². The Labute approximate surface area is 99.3 Å². The van der Waals surface area contributed by atoms with Crippen LogP contribution in [-0.2, 0) is 4.79 Å². The number of thioether (sulfide) groups is 1. The molecule has 3 nitrogen and oxygen atoms in total. The summed E-state index contributed by atoms with van der Waals surface area (Å²) in [5, 5.41) is 3.43. The minimum absolute atomic E-state index is 0.0362. The van der Waals surface area contributed by atoms with Crippen molar-refractivity contribution in [3.8, 4) is 0 Å². The van der Waals surface area contributed by atoms with Crippen LogP contribution in [0.5, 0.6) is 0 Å². The lowest BCUT2D eigenvalue weighted by Crippen LogP contribution is -2.23. The van der Waals surface area contributed by atoms with Crippen LogP contribution in [0.3, 0.4) is 0 Å². The predicted octanol–water partition coefficient (Wildman–Crippen LogP) is 2.54. The van der Waals surface area contributed by atoms with E-state index in [1.807, 2.05) is 26.0 Å². The first-order valence-corrected chi connectivity index (χ1v) is 6.08. The molecule has 1 amide bonds. The zero-order valence-electron chi connectivity index (χ0n) is 9.57. The third kappa shape index (κ3) is 2.11. The van der Waals surface area contributed by atoms with Crippen molar-refractivity contribution in [1.82, 2.24) is 5.32 Å². The largest absolute Gasteiger partial charge is 0.304 e. The highest BCUT2D eigenvalue weighted by molar-refractivity contribution is 8.15. The Bertz CT molecular complexity index is 468. The van der Waals surface area contributed by atoms with Crippen LogP contribution in [0.1, 0.15) is 18.1 Å². The molecule has 1 heterocycles. The van der Waals surface area contributed by atoms with Gasteiger partial charge in [0.2, 0.25) is 5.91 Å². The summed E-state index contributed by atoms with van der Waals surface area (Å²) in [4.78, 5) is 15.8. The van der Waals surface area contributed by atoms with E-state index < -0.39 is 0 Å². The molecule has 1 unspecified atom stereocenters. The van der Waals surface area contributed by atoms with Crippen LogP contribution in [0.2, 0.25) is 0 Å². The number of carbonyl (C=O) groups is 1. The Morgan fingerprint density at radius 2 is 2.12 bits per heavy atom. The van der Waals surface area contributed by atoms with Gasteiger partial charge in [0.15, 0.2) is 5.17 Å². The van der Waals surface area contributed by atoms with Gasteiger partial charge in [-0.1, -0.05) is 23.9 Å². The maximum atomic E-state index is 11.3. The molecule has 1 saturated heterocycles. The first-order valence-electron chi connectivity index (χ1n) is 5.20. The smallest absolute Gasteiger partial charge is 0.239 e. The number of nitrogens with one attached hydrogen (secondary N) is 1. The molecule has 4 heteroatoms. The standard InChI is InChI=1S/C12H14N2OS/c1-7-5-4-6-10(8(7)2)13-12-14-11(15)9(3)16-12/h4-6,9H,1-3H3,(H,13,14,15). The van der Waals surface area contributed by atoms with Crippen molar-refractivity contribution < 1.29 is 4.79 Å². The summed E-state index contributed by atoms with van der Waals surface area (Å²) in [6, 6.07) is 6.00. The molecule has 1 atom stereocenters. The molecule has 1 aliphatic rings. The molecule has 0 aliphatic carbocycles. The quantitative estimate of drug-likeness (QED) is 0.811. The third-order valence-electron chi connectivity index (χ3n) is 2.69. The van der Waals surface area contributed by atoms with Crippen LogP contribution in [0.15, 0.2) is 23.2 Å². The summed E-state index contributed by atoms with van der Waals surface area (Å²) in [7, 11) is 0. The van der Waals surface area contributed by atoms with Crippen LogP contribution in [0, 0.1) is 13.8 Å². The molecule has 1 N–H and O–H groups in total. The highest BCUT2D eigenvalue weighted by atomic mass is 32.2. The first-order chi connectivity index (χ1) is 7.58. The molecule has 0 saturated carbocycles. The Morgan fingerprint density at radius 3 is 2.75 bits per heavy atom. The molecule has 84 valence electrons. The fourth-order valence-corrected chi connectivity index (χ4v) is 2.29. The first kappa shape index (κ1) is 11.2. The van der Waals surface area contributed by atoms with Crippen LogP contribution in [-0.4, -0.2) is 16.3 Å². The lowest BCUT2D eigenvalue weighted by atomic mass is 10.1. The summed E-state index contributed by atoms with van der Waals surface area (Å²) in [6.45, 7) is 5.98. The maximum absolute atomic E-state index is 11.3. The molecule has 16 heavy (non-hydrogen) atoms. The molecule has 1 aromatic rings. The van der Waals surface area contributed by atoms with Gasteiger partial charge >= 0.3 is 0 Å². The Balaban J connectivity index is 2.30. The van der Waals surface area contributed by atoms with Gasteiger partial charge in [-0.3, -0.25) is 4.79 Å². The second-order valence-electron chi connectivity index (χ2n) is 3.89. The lowest BCUT2D eigenvalue weighted by Gasteiger charge is -2.04. The average molecular weight is 234 g/mol. The third-order valence-corrected chi connectivity index (χ3v) is 3.67. The van der Waals surface area contributed by atoms with Gasteiger partial charge in [-0.25, -0.2) is 4.99 Å². The van der Waals surface area contributed by atoms with Crippen molar-refractivity contribution in [3.63, 3.8) is 0 Å². The van der Waals surface area contributed by atoms with E-state index in [9.17, 15) is 4.79 Å². The minimum atomic E-state index is -0.0381. The molecule has 1 fully saturated rings. The lowest BCUT2D eigenvalue weighted by molar-refractivity contribution is -0.118. The van der Waals surface area contributed by atoms with E-state index in [4.69, 9.17) is 0 Å². The number of benzene rings is 1. The minimum Gasteiger partial charge on any atom is -0.304 e. The SMILES string of the molecule is Cc1cccc(N=C2NC(=O)C(C)S2)c1C. The summed E-state index contributed by atoms with van der Waals surface area (Å²) >= 11 is 1.47. The monoisotopic (exact) mass is 234 g/mol. The second kappa shape index (κ2) is 4.29. The number of amides is 1. The number of aryl methyl sites for hydroxylation is 1. The van der Waals surface area contributed by atoms with Gasteiger partial charge in [-0.15, -0.1) is 0 Å². The van der Waals surface area contributed by atoms with Crippen LogP contribution < -0.4 is 5.32 Å². The number of aliphatic imine (C=N–C) groups is 1. The van der Waals surface area contributed by atoms with Gasteiger partial charge in [0.1, 0.15) is 0 Å². The number of nitrogens with zero attached hydrogens (tertiary/aromatic N) is 1. The maximum Gasteiger partial charge on any atom is 0.239 e. The van der Waals surface area contributed by atoms with Gasteiger partial charge in [0, 0.05) is 0 Å². The van der Waals surface area contributed by atoms with E-state index in [-0.39, 0.29) is 11.2 Å². The average Bonchev–Trinajstić information content (AvgIpc) is 2.54. The van der Waals surface area contributed by atoms with Crippen LogP contribution >= 0.6 is 11.8 Å². The number of carbonyl (C=O) groups excluding carboxylic acids is 1. The highest BCUT2D eigenvalue weighted by Gasteiger charge is 2.25. The van der Waals surface area contributed by atoms with E-state index in [0.717, 1.165) is 11.3 Å². The highest BCUT2D eigenvalue weighted by Crippen LogP contribution is 2.25. The number of rotatable bonds is 1. The van der Waals surface area contributed by atoms with Crippen molar-refractivity contribution >= 4 is 28.5 Å². The summed E-state index contributed by atoms with van der Waals surface area (Å²) in [5.41, 5.74) is 3.30. The predicted molar refractivity (Wildman–Crippen MR) is 68.2 cm³/mol. The van der Waals surface area contributed by atoms with E-state index in [1.54, 1.807) is 0 Å². The molecule has 0 spiro atoms. The molecular weight excluding hydrogens is 220 g/mol. The fourth-order valence-electron chi connectivity index (χ4n) is 1.48. The van der Waals surface area contributed by atoms with Crippen LogP contribution in [0.25, 0.3) is 0 Å². The zero-order chi connectivity index (χ0) is 11.7. The molecule has 0 bridgehead atoms. The number of hydrogen-bond donors (Lipinski definition) is 1. The van der Waals surface area contributed by atoms with Gasteiger partial charge in [-0.2, -0.15) is 0 Å². The molecule has 1 aliphatic heterocycles. The molecule has 2 rings (SSSR count). The van der Waals surface area contributed by atoms with Gasteiger partial charge < -0.3 is 5.32 Å². The number of hydrogen-bond acceptors (Lipinski definition) is 3. The van der Waals surface area contributed by atoms with Gasteiger partial charge in [0.05, 0.1) is 10.9 Å². The Hall–Kier alpha value is -1.29. The van der Waals surface area contributed by atoms with Gasteiger partial charge in [-0.05, 0) is 38.0 Å². The van der Waals surface area contributed by atoms with E-state index in [0.29, 0.717) is 5.17 Å². The van der Waals surface area contributed by atoms with E-state index in [2.05, 4.69) is 23.3 Å². The van der Waals surface area contributed by atoms with Crippen molar-refractivity contribution in [3.05, 3.63) is 29.3 Å². The van der Waals surface area contributed by atoms with Crippen molar-refractivity contribution in [2.75, 3.05) is 0 Å². The Kier molecular flexibility index (Phi) is 3.01.